The SMILES string of the molecule is C=C1C(=O)O[C@@H]2CC(=C)[C@@H]3CC[C@H](C(C)=O)[C@H]3[C@H]12. The fourth-order valence-electron chi connectivity index (χ4n) is 4.18. The van der Waals surface area contributed by atoms with Crippen molar-refractivity contribution >= 4 is 11.8 Å². The zero-order valence-electron chi connectivity index (χ0n) is 10.6. The molecule has 2 saturated carbocycles. The van der Waals surface area contributed by atoms with E-state index in [0.717, 1.165) is 24.8 Å². The van der Waals surface area contributed by atoms with Gasteiger partial charge in [-0.2, -0.15) is 0 Å². The molecule has 1 heterocycles. The molecule has 0 bridgehead atoms. The minimum Gasteiger partial charge on any atom is -0.458 e. The van der Waals surface area contributed by atoms with Crippen LogP contribution in [0.25, 0.3) is 0 Å². The second-order valence-electron chi connectivity index (χ2n) is 5.84. The Bertz CT molecular complexity index is 456. The molecule has 3 heteroatoms. The van der Waals surface area contributed by atoms with Crippen molar-refractivity contribution in [1.82, 2.24) is 0 Å². The van der Waals surface area contributed by atoms with Crippen LogP contribution in [0, 0.1) is 23.7 Å². The molecule has 0 amide bonds. The van der Waals surface area contributed by atoms with E-state index in [9.17, 15) is 9.59 Å². The van der Waals surface area contributed by atoms with Crippen molar-refractivity contribution in [1.29, 1.82) is 0 Å². The van der Waals surface area contributed by atoms with Gasteiger partial charge in [0.25, 0.3) is 0 Å². The highest BCUT2D eigenvalue weighted by Gasteiger charge is 2.55. The van der Waals surface area contributed by atoms with Gasteiger partial charge in [0.15, 0.2) is 0 Å². The van der Waals surface area contributed by atoms with Crippen molar-refractivity contribution in [2.75, 3.05) is 0 Å². The number of carbonyl (C=O) groups excluding carboxylic acids is 2. The van der Waals surface area contributed by atoms with E-state index in [-0.39, 0.29) is 35.6 Å². The standard InChI is InChI=1S/C15H18O3/c1-7-6-12-13(8(2)15(17)18-12)14-10(7)4-5-11(14)9(3)16/h10-14H,1-2,4-6H2,3H3/t10-,11+,12+,13+,14-/m0/s1. The number of ketones is 1. The van der Waals surface area contributed by atoms with Gasteiger partial charge in [0, 0.05) is 23.8 Å². The number of rotatable bonds is 1. The summed E-state index contributed by atoms with van der Waals surface area (Å²) in [6.07, 6.45) is 2.53. The monoisotopic (exact) mass is 246 g/mol. The fourth-order valence-corrected chi connectivity index (χ4v) is 4.18. The van der Waals surface area contributed by atoms with Gasteiger partial charge in [-0.15, -0.1) is 0 Å². The molecule has 3 rings (SSSR count). The summed E-state index contributed by atoms with van der Waals surface area (Å²) in [6, 6.07) is 0. The van der Waals surface area contributed by atoms with Gasteiger partial charge in [0.2, 0.25) is 0 Å². The van der Waals surface area contributed by atoms with E-state index < -0.39 is 0 Å². The number of hydrogen-bond acceptors (Lipinski definition) is 3. The maximum atomic E-state index is 11.8. The van der Waals surface area contributed by atoms with Crippen molar-refractivity contribution in [3.63, 3.8) is 0 Å². The molecule has 5 atom stereocenters. The number of ether oxygens (including phenoxy) is 1. The molecule has 0 aromatic rings. The third-order valence-electron chi connectivity index (χ3n) is 4.97. The lowest BCUT2D eigenvalue weighted by Gasteiger charge is -2.38. The van der Waals surface area contributed by atoms with E-state index in [0.29, 0.717) is 11.5 Å². The van der Waals surface area contributed by atoms with Crippen LogP contribution in [0.2, 0.25) is 0 Å². The average molecular weight is 246 g/mol. The summed E-state index contributed by atoms with van der Waals surface area (Å²) >= 11 is 0. The van der Waals surface area contributed by atoms with Crippen molar-refractivity contribution in [2.24, 2.45) is 23.7 Å². The fraction of sp³-hybridized carbons (Fsp3) is 0.600. The Kier molecular flexibility index (Phi) is 2.47. The second kappa shape index (κ2) is 3.81. The van der Waals surface area contributed by atoms with Gasteiger partial charge in [-0.3, -0.25) is 4.79 Å². The molecule has 2 aliphatic carbocycles. The molecule has 0 aromatic heterocycles. The summed E-state index contributed by atoms with van der Waals surface area (Å²) in [5.41, 5.74) is 1.71. The maximum Gasteiger partial charge on any atom is 0.334 e. The Morgan fingerprint density at radius 3 is 2.72 bits per heavy atom. The van der Waals surface area contributed by atoms with Crippen LogP contribution in [-0.4, -0.2) is 17.9 Å². The van der Waals surface area contributed by atoms with Gasteiger partial charge in [0.1, 0.15) is 11.9 Å². The van der Waals surface area contributed by atoms with E-state index in [1.165, 1.54) is 0 Å². The van der Waals surface area contributed by atoms with Gasteiger partial charge >= 0.3 is 5.97 Å². The summed E-state index contributed by atoms with van der Waals surface area (Å²) in [6.45, 7) is 9.66. The number of carbonyl (C=O) groups is 2. The van der Waals surface area contributed by atoms with Crippen LogP contribution < -0.4 is 0 Å². The molecule has 96 valence electrons. The van der Waals surface area contributed by atoms with E-state index in [1.807, 2.05) is 0 Å². The van der Waals surface area contributed by atoms with Gasteiger partial charge in [-0.05, 0) is 31.6 Å². The molecule has 0 aromatic carbocycles. The summed E-state index contributed by atoms with van der Waals surface area (Å²) in [7, 11) is 0. The first kappa shape index (κ1) is 11.7. The zero-order valence-corrected chi connectivity index (χ0v) is 10.6. The normalized spacial score (nSPS) is 42.5. The molecule has 0 N–H and O–H groups in total. The first-order valence-electron chi connectivity index (χ1n) is 6.58. The second-order valence-corrected chi connectivity index (χ2v) is 5.84. The van der Waals surface area contributed by atoms with E-state index in [2.05, 4.69) is 13.2 Å². The van der Waals surface area contributed by atoms with Gasteiger partial charge in [0.05, 0.1) is 0 Å². The first-order valence-corrected chi connectivity index (χ1v) is 6.58. The number of Topliss-reactive ketones (excluding diaryl/α,β-unsaturated/α-hetero) is 1. The molecule has 3 fully saturated rings. The Hall–Kier alpha value is -1.38. The Labute approximate surface area is 107 Å². The van der Waals surface area contributed by atoms with Crippen LogP contribution in [0.15, 0.2) is 24.3 Å². The summed E-state index contributed by atoms with van der Waals surface area (Å²) in [4.78, 5) is 23.5. The molecule has 1 aliphatic heterocycles. The third-order valence-corrected chi connectivity index (χ3v) is 4.97. The Morgan fingerprint density at radius 1 is 1.33 bits per heavy atom. The van der Waals surface area contributed by atoms with Crippen LogP contribution in [0.4, 0.5) is 0 Å². The van der Waals surface area contributed by atoms with Crippen molar-refractivity contribution < 1.29 is 14.3 Å². The van der Waals surface area contributed by atoms with Crippen molar-refractivity contribution in [2.45, 2.75) is 32.3 Å². The van der Waals surface area contributed by atoms with Gasteiger partial charge in [-0.25, -0.2) is 4.79 Å². The van der Waals surface area contributed by atoms with Crippen LogP contribution in [0.3, 0.4) is 0 Å². The van der Waals surface area contributed by atoms with Crippen LogP contribution in [-0.2, 0) is 14.3 Å². The van der Waals surface area contributed by atoms with E-state index in [1.54, 1.807) is 6.92 Å². The predicted octanol–water partition coefficient (Wildman–Crippen LogP) is 2.28. The third kappa shape index (κ3) is 1.43. The molecular weight excluding hydrogens is 228 g/mol. The van der Waals surface area contributed by atoms with E-state index in [4.69, 9.17) is 4.74 Å². The zero-order chi connectivity index (χ0) is 13.0. The molecule has 0 spiro atoms. The minimum atomic E-state index is -0.285. The van der Waals surface area contributed by atoms with Crippen LogP contribution >= 0.6 is 0 Å². The number of hydrogen-bond donors (Lipinski definition) is 0. The van der Waals surface area contributed by atoms with Gasteiger partial charge < -0.3 is 4.74 Å². The van der Waals surface area contributed by atoms with Gasteiger partial charge in [-0.1, -0.05) is 18.7 Å². The Morgan fingerprint density at radius 2 is 2.06 bits per heavy atom. The smallest absolute Gasteiger partial charge is 0.334 e. The highest BCUT2D eigenvalue weighted by molar-refractivity contribution is 5.91. The highest BCUT2D eigenvalue weighted by atomic mass is 16.6. The number of fused-ring (bicyclic) bond motifs is 3. The number of esters is 1. The molecule has 0 unspecified atom stereocenters. The summed E-state index contributed by atoms with van der Waals surface area (Å²) in [5.74, 6) is 0.574. The maximum absolute atomic E-state index is 11.8. The molecule has 0 radical (unpaired) electrons. The average Bonchev–Trinajstić information content (AvgIpc) is 2.82. The largest absolute Gasteiger partial charge is 0.458 e. The summed E-state index contributed by atoms with van der Waals surface area (Å²) < 4.78 is 5.37. The quantitative estimate of drug-likeness (QED) is 0.405. The Balaban J connectivity index is 2.00. The molecule has 3 nitrogen and oxygen atoms in total. The lowest BCUT2D eigenvalue weighted by atomic mass is 9.65. The van der Waals surface area contributed by atoms with Crippen molar-refractivity contribution in [3.8, 4) is 0 Å². The first-order chi connectivity index (χ1) is 8.50. The highest BCUT2D eigenvalue weighted by Crippen LogP contribution is 2.55. The molecular formula is C15H18O3. The van der Waals surface area contributed by atoms with Crippen LogP contribution in [0.1, 0.15) is 26.2 Å². The lowest BCUT2D eigenvalue weighted by molar-refractivity contribution is -0.139. The predicted molar refractivity (Wildman–Crippen MR) is 66.7 cm³/mol. The molecule has 18 heavy (non-hydrogen) atoms. The molecule has 1 saturated heterocycles. The molecule has 3 aliphatic rings. The minimum absolute atomic E-state index is 0.0319. The van der Waals surface area contributed by atoms with Crippen molar-refractivity contribution in [3.05, 3.63) is 24.3 Å². The summed E-state index contributed by atoms with van der Waals surface area (Å²) in [5, 5.41) is 0. The topological polar surface area (TPSA) is 43.4 Å². The van der Waals surface area contributed by atoms with E-state index >= 15 is 0 Å². The van der Waals surface area contributed by atoms with Crippen LogP contribution in [0.5, 0.6) is 0 Å². The lowest BCUT2D eigenvalue weighted by Crippen LogP contribution is -2.39.